The summed E-state index contributed by atoms with van der Waals surface area (Å²) in [4.78, 5) is 38.6. The fraction of sp³-hybridized carbons (Fsp3) is 0.324. The maximum atomic E-state index is 14.7. The Morgan fingerprint density at radius 3 is 2.23 bits per heavy atom. The Labute approximate surface area is 281 Å². The zero-order chi connectivity index (χ0) is 34.7. The number of hydrogen-bond donors (Lipinski definition) is 2. The average molecular weight is 709 g/mol. The van der Waals surface area contributed by atoms with Crippen LogP contribution in [-0.2, 0) is 6.54 Å². The minimum atomic E-state index is -5.01. The van der Waals surface area contributed by atoms with Crippen molar-refractivity contribution in [1.29, 1.82) is 0 Å². The first-order valence-electron chi connectivity index (χ1n) is 15.1. The van der Waals surface area contributed by atoms with Gasteiger partial charge in [-0.1, -0.05) is 41.9 Å². The topological polar surface area (TPSA) is 95.9 Å². The van der Waals surface area contributed by atoms with Crippen molar-refractivity contribution in [2.24, 2.45) is 5.92 Å². The van der Waals surface area contributed by atoms with Crippen LogP contribution in [0.4, 0.5) is 26.7 Å². The predicted octanol–water partition coefficient (Wildman–Crippen LogP) is 9.11. The average Bonchev–Trinajstić information content (AvgIpc) is 3.42. The van der Waals surface area contributed by atoms with Crippen molar-refractivity contribution in [3.63, 3.8) is 0 Å². The lowest BCUT2D eigenvalue weighted by atomic mass is 9.85. The highest BCUT2D eigenvalue weighted by Gasteiger charge is 2.39. The van der Waals surface area contributed by atoms with Crippen molar-refractivity contribution in [3.05, 3.63) is 87.3 Å². The summed E-state index contributed by atoms with van der Waals surface area (Å²) in [7, 11) is 0. The van der Waals surface area contributed by atoms with E-state index in [-0.39, 0.29) is 51.6 Å². The molecular weight excluding hydrogens is 679 g/mol. The third-order valence-corrected chi connectivity index (χ3v) is 10.1. The monoisotopic (exact) mass is 708 g/mol. The Bertz CT molecular complexity index is 1840. The van der Waals surface area contributed by atoms with Gasteiger partial charge in [-0.15, -0.1) is 11.3 Å². The fourth-order valence-electron chi connectivity index (χ4n) is 5.97. The number of rotatable bonds is 10. The van der Waals surface area contributed by atoms with E-state index in [4.69, 9.17) is 21.4 Å². The number of benzene rings is 3. The highest BCUT2D eigenvalue weighted by atomic mass is 35.5. The fourth-order valence-corrected chi connectivity index (χ4v) is 7.47. The van der Waals surface area contributed by atoms with Crippen LogP contribution in [-0.4, -0.2) is 53.2 Å². The van der Waals surface area contributed by atoms with E-state index in [2.05, 4.69) is 5.32 Å². The number of nitrogens with one attached hydrogen (secondary N) is 1. The van der Waals surface area contributed by atoms with E-state index < -0.39 is 41.2 Å². The molecule has 1 aromatic heterocycles. The van der Waals surface area contributed by atoms with E-state index in [0.717, 1.165) is 35.6 Å². The first kappa shape index (κ1) is 35.1. The molecule has 1 saturated carbocycles. The highest BCUT2D eigenvalue weighted by molar-refractivity contribution is 7.21. The molecule has 48 heavy (non-hydrogen) atoms. The van der Waals surface area contributed by atoms with Gasteiger partial charge >= 0.3 is 12.3 Å². The summed E-state index contributed by atoms with van der Waals surface area (Å²) >= 11 is 7.29. The molecule has 0 aliphatic heterocycles. The van der Waals surface area contributed by atoms with Crippen LogP contribution in [0.25, 0.3) is 21.2 Å². The number of amides is 2. The van der Waals surface area contributed by atoms with Gasteiger partial charge in [0, 0.05) is 30.3 Å². The molecule has 1 fully saturated rings. The summed E-state index contributed by atoms with van der Waals surface area (Å²) < 4.78 is 74.0. The second-order valence-electron chi connectivity index (χ2n) is 11.4. The molecule has 1 aliphatic carbocycles. The second-order valence-corrected chi connectivity index (χ2v) is 12.8. The zero-order valence-electron chi connectivity index (χ0n) is 25.5. The Morgan fingerprint density at radius 2 is 1.62 bits per heavy atom. The lowest BCUT2D eigenvalue weighted by Gasteiger charge is -2.37. The van der Waals surface area contributed by atoms with Crippen LogP contribution in [0.2, 0.25) is 5.02 Å². The molecule has 0 unspecified atom stereocenters. The Morgan fingerprint density at radius 1 is 0.979 bits per heavy atom. The van der Waals surface area contributed by atoms with Crippen molar-refractivity contribution in [2.75, 3.05) is 13.2 Å². The summed E-state index contributed by atoms with van der Waals surface area (Å²) in [6.07, 6.45) is -3.88. The summed E-state index contributed by atoms with van der Waals surface area (Å²) in [5.74, 6) is -3.48. The molecule has 2 amide bonds. The van der Waals surface area contributed by atoms with E-state index >= 15 is 0 Å². The van der Waals surface area contributed by atoms with Crippen LogP contribution in [0, 0.1) is 17.6 Å². The molecule has 0 spiro atoms. The molecule has 0 saturated heterocycles. The molecular formula is C34H30ClF5N2O5S. The van der Waals surface area contributed by atoms with Gasteiger partial charge in [-0.3, -0.25) is 9.59 Å². The third kappa shape index (κ3) is 7.57. The number of fused-ring (bicyclic) bond motifs is 1. The molecule has 14 heteroatoms. The van der Waals surface area contributed by atoms with Crippen LogP contribution >= 0.6 is 22.9 Å². The van der Waals surface area contributed by atoms with Crippen LogP contribution in [0.15, 0.2) is 54.6 Å². The van der Waals surface area contributed by atoms with Crippen LogP contribution in [0.5, 0.6) is 5.75 Å². The van der Waals surface area contributed by atoms with Gasteiger partial charge in [0.05, 0.1) is 21.7 Å². The number of Topliss-reactive ketones (excluding diaryl/α,β-unsaturated/α-hetero) is 1. The molecule has 3 aromatic carbocycles. The molecule has 4 aromatic rings. The highest BCUT2D eigenvalue weighted by Crippen LogP contribution is 2.41. The van der Waals surface area contributed by atoms with Crippen molar-refractivity contribution >= 4 is 50.8 Å². The first-order valence-corrected chi connectivity index (χ1v) is 16.3. The molecule has 7 nitrogen and oxygen atoms in total. The number of ketones is 1. The minimum Gasteiger partial charge on any atom is -0.494 e. The molecule has 0 bridgehead atoms. The maximum absolute atomic E-state index is 14.7. The smallest absolute Gasteiger partial charge is 0.454 e. The standard InChI is InChI=1S/C34H30ClF5N2O5S/c1-2-47-26-14-9-21(19-5-7-20(8-6-19)31(43)34(38,39)40)15-22(26)17-42(23-10-3-18(4-11-23)16-41-33(45)46)32(44)30-28(35)27-24(36)12-13-25(37)29(27)48-30/h5-9,12-15,18,23,41H,2-4,10-11,16-17H2,1H3,(H,45,46). The van der Waals surface area contributed by atoms with Crippen LogP contribution < -0.4 is 10.1 Å². The summed E-state index contributed by atoms with van der Waals surface area (Å²) in [5.41, 5.74) is 1.15. The number of ether oxygens (including phenoxy) is 1. The number of thiophene rings is 1. The number of hydrogen-bond acceptors (Lipinski definition) is 5. The van der Waals surface area contributed by atoms with Gasteiger partial charge in [0.2, 0.25) is 0 Å². The van der Waals surface area contributed by atoms with Crippen molar-refractivity contribution in [2.45, 2.75) is 51.4 Å². The number of carbonyl (C=O) groups is 3. The normalized spacial score (nSPS) is 16.5. The number of alkyl halides is 3. The molecule has 0 atom stereocenters. The van der Waals surface area contributed by atoms with E-state index in [1.165, 1.54) is 12.1 Å². The van der Waals surface area contributed by atoms with Gasteiger partial charge in [0.15, 0.2) is 0 Å². The summed E-state index contributed by atoms with van der Waals surface area (Å²) in [6, 6.07) is 11.7. The van der Waals surface area contributed by atoms with Crippen molar-refractivity contribution in [3.8, 4) is 16.9 Å². The Kier molecular flexibility index (Phi) is 10.6. The van der Waals surface area contributed by atoms with E-state index in [1.54, 1.807) is 30.0 Å². The van der Waals surface area contributed by atoms with Crippen LogP contribution in [0.3, 0.4) is 0 Å². The Balaban J connectivity index is 1.51. The lowest BCUT2D eigenvalue weighted by Crippen LogP contribution is -2.43. The maximum Gasteiger partial charge on any atom is 0.454 e. The summed E-state index contributed by atoms with van der Waals surface area (Å²) in [6.45, 7) is 2.33. The quantitative estimate of drug-likeness (QED) is 0.127. The largest absolute Gasteiger partial charge is 0.494 e. The van der Waals surface area contributed by atoms with E-state index in [1.807, 2.05) is 0 Å². The molecule has 5 rings (SSSR count). The lowest BCUT2D eigenvalue weighted by molar-refractivity contribution is -0.0885. The van der Waals surface area contributed by atoms with Crippen LogP contribution in [0.1, 0.15) is 58.2 Å². The number of nitrogens with zero attached hydrogens (tertiary/aromatic N) is 1. The number of carbonyl (C=O) groups excluding carboxylic acids is 2. The SMILES string of the molecule is CCOc1ccc(-c2ccc(C(=O)C(F)(F)F)cc2)cc1CN(C(=O)c1sc2c(F)ccc(F)c2c1Cl)C1CCC(CNC(=O)O)CC1. The van der Waals surface area contributed by atoms with Gasteiger partial charge < -0.3 is 20.1 Å². The van der Waals surface area contributed by atoms with Gasteiger partial charge in [-0.05, 0) is 73.9 Å². The second kappa shape index (κ2) is 14.5. The Hall–Kier alpha value is -4.23. The van der Waals surface area contributed by atoms with Gasteiger partial charge in [0.1, 0.15) is 22.3 Å². The van der Waals surface area contributed by atoms with Gasteiger partial charge in [-0.25, -0.2) is 13.6 Å². The van der Waals surface area contributed by atoms with Crippen molar-refractivity contribution < 1.29 is 46.2 Å². The van der Waals surface area contributed by atoms with E-state index in [0.29, 0.717) is 48.1 Å². The minimum absolute atomic E-state index is 0.00903. The van der Waals surface area contributed by atoms with E-state index in [9.17, 15) is 36.3 Å². The number of halogens is 6. The molecule has 254 valence electrons. The van der Waals surface area contributed by atoms with Gasteiger partial charge in [0.25, 0.3) is 11.7 Å². The molecule has 2 N–H and O–H groups in total. The molecule has 0 radical (unpaired) electrons. The predicted molar refractivity (Wildman–Crippen MR) is 172 cm³/mol. The summed E-state index contributed by atoms with van der Waals surface area (Å²) in [5, 5.41) is 11.0. The zero-order valence-corrected chi connectivity index (χ0v) is 27.1. The molecule has 1 aliphatic rings. The third-order valence-electron chi connectivity index (χ3n) is 8.37. The van der Waals surface area contributed by atoms with Gasteiger partial charge in [-0.2, -0.15) is 13.2 Å². The van der Waals surface area contributed by atoms with Crippen molar-refractivity contribution in [1.82, 2.24) is 10.2 Å². The number of carboxylic acid groups (broad SMARTS) is 1. The molecule has 1 heterocycles. The first-order chi connectivity index (χ1) is 22.8.